The Balaban J connectivity index is 1.40. The molecule has 6 heteroatoms. The normalized spacial score (nSPS) is 30.7. The van der Waals surface area contributed by atoms with Gasteiger partial charge in [0.2, 0.25) is 0 Å². The van der Waals surface area contributed by atoms with E-state index in [4.69, 9.17) is 0 Å². The van der Waals surface area contributed by atoms with Crippen LogP contribution in [0.15, 0.2) is 29.0 Å². The highest BCUT2D eigenvalue weighted by molar-refractivity contribution is 7.19. The number of aromatic nitrogens is 1. The molecule has 0 aliphatic carbocycles. The minimum absolute atomic E-state index is 0.166. The van der Waals surface area contributed by atoms with Gasteiger partial charge in [-0.1, -0.05) is 13.8 Å². The molecule has 4 aliphatic rings. The van der Waals surface area contributed by atoms with Crippen molar-refractivity contribution in [3.8, 4) is 0 Å². The smallest absolute Gasteiger partial charge is 0.143 e. The van der Waals surface area contributed by atoms with Gasteiger partial charge in [-0.2, -0.15) is 5.10 Å². The van der Waals surface area contributed by atoms with E-state index < -0.39 is 0 Å². The topological polar surface area (TPSA) is 55.5 Å². The molecule has 6 heterocycles. The highest BCUT2D eigenvalue weighted by Gasteiger charge is 2.35. The van der Waals surface area contributed by atoms with Crippen LogP contribution in [0.4, 0.5) is 0 Å². The quantitative estimate of drug-likeness (QED) is 0.683. The summed E-state index contributed by atoms with van der Waals surface area (Å²) in [5.41, 5.74) is 6.55. The molecule has 0 saturated carbocycles. The van der Waals surface area contributed by atoms with Crippen molar-refractivity contribution < 1.29 is 0 Å². The first-order valence-corrected chi connectivity index (χ1v) is 11.8. The summed E-state index contributed by atoms with van der Waals surface area (Å²) in [4.78, 5) is 5.38. The van der Waals surface area contributed by atoms with E-state index in [9.17, 15) is 0 Å². The molecule has 2 saturated heterocycles. The number of hydrazone groups is 1. The van der Waals surface area contributed by atoms with Crippen molar-refractivity contribution in [2.45, 2.75) is 76.5 Å². The first kappa shape index (κ1) is 17.8. The van der Waals surface area contributed by atoms with Gasteiger partial charge in [-0.15, -0.1) is 11.3 Å². The molecule has 2 aromatic rings. The first-order chi connectivity index (χ1) is 14.1. The predicted molar refractivity (Wildman–Crippen MR) is 121 cm³/mol. The van der Waals surface area contributed by atoms with E-state index in [0.717, 1.165) is 18.0 Å². The minimum atomic E-state index is 0.166. The summed E-state index contributed by atoms with van der Waals surface area (Å²) in [6.07, 6.45) is 11.8. The van der Waals surface area contributed by atoms with Crippen molar-refractivity contribution in [2.24, 2.45) is 5.10 Å². The maximum atomic E-state index is 4.46. The standard InChI is InChI=1S/C23H29N5S/c1-12(2)20-21(15-6-13(3)23-24-11-25-28(23)10-15)27-18-9-19(29-22(18)20)14-7-16-4-5-17(8-14)26-16/h6,9-12,14,16-17,23,26-27H,4-5,7-8H2,1-3H3,(H,24,25). The molecule has 2 bridgehead atoms. The van der Waals surface area contributed by atoms with Crippen LogP contribution in [0.5, 0.6) is 0 Å². The second-order valence-corrected chi connectivity index (χ2v) is 10.5. The fraction of sp³-hybridized carbons (Fsp3) is 0.522. The van der Waals surface area contributed by atoms with Crippen LogP contribution < -0.4 is 10.6 Å². The van der Waals surface area contributed by atoms with Crippen LogP contribution in [0.25, 0.3) is 15.8 Å². The molecule has 4 aliphatic heterocycles. The maximum Gasteiger partial charge on any atom is 0.143 e. The number of nitrogens with zero attached hydrogens (tertiary/aromatic N) is 2. The first-order valence-electron chi connectivity index (χ1n) is 11.0. The Morgan fingerprint density at radius 3 is 2.76 bits per heavy atom. The summed E-state index contributed by atoms with van der Waals surface area (Å²) in [6.45, 7) is 6.80. The zero-order valence-corrected chi connectivity index (χ0v) is 18.1. The lowest BCUT2D eigenvalue weighted by atomic mass is 9.91. The van der Waals surface area contributed by atoms with Crippen LogP contribution in [-0.2, 0) is 0 Å². The predicted octanol–water partition coefficient (Wildman–Crippen LogP) is 4.83. The van der Waals surface area contributed by atoms with Crippen LogP contribution in [0.2, 0.25) is 0 Å². The van der Waals surface area contributed by atoms with E-state index >= 15 is 0 Å². The molecule has 5 nitrogen and oxygen atoms in total. The van der Waals surface area contributed by atoms with Gasteiger partial charge in [0.25, 0.3) is 0 Å². The number of nitrogens with one attached hydrogen (secondary N) is 3. The summed E-state index contributed by atoms with van der Waals surface area (Å²) in [5.74, 6) is 1.20. The minimum Gasteiger partial charge on any atom is -0.354 e. The zero-order chi connectivity index (χ0) is 19.7. The summed E-state index contributed by atoms with van der Waals surface area (Å²) >= 11 is 2.03. The maximum absolute atomic E-state index is 4.46. The van der Waals surface area contributed by atoms with Gasteiger partial charge in [-0.25, -0.2) is 5.01 Å². The zero-order valence-electron chi connectivity index (χ0n) is 17.3. The van der Waals surface area contributed by atoms with Crippen LogP contribution in [0, 0.1) is 0 Å². The summed E-state index contributed by atoms with van der Waals surface area (Å²) in [6, 6.07) is 3.92. The molecule has 6 rings (SSSR count). The van der Waals surface area contributed by atoms with Gasteiger partial charge in [-0.3, -0.25) is 0 Å². The van der Waals surface area contributed by atoms with Crippen molar-refractivity contribution in [1.82, 2.24) is 20.6 Å². The average molecular weight is 408 g/mol. The van der Waals surface area contributed by atoms with Crippen molar-refractivity contribution in [3.63, 3.8) is 0 Å². The van der Waals surface area contributed by atoms with E-state index in [1.807, 2.05) is 16.3 Å². The number of fused-ring (bicyclic) bond motifs is 4. The third-order valence-corrected chi connectivity index (χ3v) is 8.37. The molecule has 0 amide bonds. The molecule has 2 fully saturated rings. The lowest BCUT2D eigenvalue weighted by Gasteiger charge is -2.28. The van der Waals surface area contributed by atoms with E-state index in [0.29, 0.717) is 5.92 Å². The van der Waals surface area contributed by atoms with Gasteiger partial charge in [0, 0.05) is 28.7 Å². The van der Waals surface area contributed by atoms with E-state index in [1.165, 1.54) is 58.3 Å². The van der Waals surface area contributed by atoms with Crippen molar-refractivity contribution in [3.05, 3.63) is 40.0 Å². The second-order valence-electron chi connectivity index (χ2n) is 9.43. The molecule has 0 spiro atoms. The van der Waals surface area contributed by atoms with Gasteiger partial charge in [0.15, 0.2) is 0 Å². The number of hydrogen-bond acceptors (Lipinski definition) is 5. The molecule has 29 heavy (non-hydrogen) atoms. The molecule has 2 aromatic heterocycles. The molecular formula is C23H29N5S. The summed E-state index contributed by atoms with van der Waals surface area (Å²) in [5, 5.41) is 13.6. The Hall–Kier alpha value is -2.05. The number of aromatic amines is 1. The van der Waals surface area contributed by atoms with Crippen LogP contribution in [0.1, 0.15) is 74.4 Å². The Labute approximate surface area is 175 Å². The third-order valence-electron chi connectivity index (χ3n) is 7.04. The largest absolute Gasteiger partial charge is 0.354 e. The van der Waals surface area contributed by atoms with Crippen LogP contribution in [-0.4, -0.2) is 34.6 Å². The van der Waals surface area contributed by atoms with E-state index in [1.54, 1.807) is 11.2 Å². The fourth-order valence-electron chi connectivity index (χ4n) is 5.69. The number of rotatable bonds is 3. The van der Waals surface area contributed by atoms with Gasteiger partial charge in [-0.05, 0) is 67.7 Å². The van der Waals surface area contributed by atoms with Crippen molar-refractivity contribution in [1.29, 1.82) is 0 Å². The average Bonchev–Trinajstić information content (AvgIpc) is 3.43. The Morgan fingerprint density at radius 2 is 2.00 bits per heavy atom. The lowest BCUT2D eigenvalue weighted by Crippen LogP contribution is -2.36. The lowest BCUT2D eigenvalue weighted by molar-refractivity contribution is 0.336. The van der Waals surface area contributed by atoms with Crippen LogP contribution >= 0.6 is 11.3 Å². The monoisotopic (exact) mass is 407 g/mol. The second kappa shape index (κ2) is 6.47. The van der Waals surface area contributed by atoms with E-state index in [2.05, 4.69) is 59.8 Å². The molecule has 3 atom stereocenters. The molecule has 0 aromatic carbocycles. The van der Waals surface area contributed by atoms with Gasteiger partial charge in [0.1, 0.15) is 12.5 Å². The highest BCUT2D eigenvalue weighted by Crippen LogP contribution is 2.45. The van der Waals surface area contributed by atoms with Crippen LogP contribution in [0.3, 0.4) is 0 Å². The molecular weight excluding hydrogens is 378 g/mol. The number of thiophene rings is 1. The molecule has 0 radical (unpaired) electrons. The summed E-state index contributed by atoms with van der Waals surface area (Å²) in [7, 11) is 0. The molecule has 152 valence electrons. The molecule has 3 unspecified atom stereocenters. The molecule has 3 N–H and O–H groups in total. The third kappa shape index (κ3) is 2.80. The number of piperidine rings is 1. The van der Waals surface area contributed by atoms with Crippen molar-refractivity contribution in [2.75, 3.05) is 0 Å². The van der Waals surface area contributed by atoms with E-state index in [-0.39, 0.29) is 6.17 Å². The highest BCUT2D eigenvalue weighted by atomic mass is 32.1. The van der Waals surface area contributed by atoms with Gasteiger partial charge < -0.3 is 15.6 Å². The van der Waals surface area contributed by atoms with Crippen molar-refractivity contribution >= 4 is 33.5 Å². The Bertz CT molecular complexity index is 1040. The Kier molecular flexibility index (Phi) is 3.97. The van der Waals surface area contributed by atoms with Gasteiger partial charge in [0.05, 0.1) is 15.9 Å². The fourth-order valence-corrected chi connectivity index (χ4v) is 7.13. The Morgan fingerprint density at radius 1 is 1.21 bits per heavy atom. The SMILES string of the molecule is CC1=CC(c2[nH]c3cc(C4CC5CCC(C4)N5)sc3c2C(C)C)=CN2N=CNC12. The number of H-pyrrole nitrogens is 1. The number of allylic oxidation sites excluding steroid dienone is 2. The summed E-state index contributed by atoms with van der Waals surface area (Å²) < 4.78 is 1.45. The van der Waals surface area contributed by atoms with Gasteiger partial charge >= 0.3 is 0 Å². The number of hydrogen-bond donors (Lipinski definition) is 3.